The molecule has 7 heteroatoms. The number of sulfonamides is 1. The van der Waals surface area contributed by atoms with Gasteiger partial charge in [-0.05, 0) is 31.0 Å². The Morgan fingerprint density at radius 2 is 2.05 bits per heavy atom. The lowest BCUT2D eigenvalue weighted by Crippen LogP contribution is -2.61. The van der Waals surface area contributed by atoms with E-state index in [0.29, 0.717) is 12.0 Å². The van der Waals surface area contributed by atoms with Crippen LogP contribution >= 0.6 is 0 Å². The molecule has 0 aliphatic heterocycles. The summed E-state index contributed by atoms with van der Waals surface area (Å²) < 4.78 is 46.3. The third kappa shape index (κ3) is 2.77. The van der Waals surface area contributed by atoms with E-state index in [1.165, 1.54) is 0 Å². The Kier molecular flexibility index (Phi) is 4.03. The van der Waals surface area contributed by atoms with Crippen LogP contribution in [0, 0.1) is 18.2 Å². The fourth-order valence-electron chi connectivity index (χ4n) is 2.69. The van der Waals surface area contributed by atoms with Crippen molar-refractivity contribution < 1.29 is 17.5 Å². The van der Waals surface area contributed by atoms with Gasteiger partial charge < -0.3 is 10.5 Å². The average molecular weight is 316 g/mol. The van der Waals surface area contributed by atoms with Crippen molar-refractivity contribution in [1.82, 2.24) is 4.72 Å². The zero-order valence-corrected chi connectivity index (χ0v) is 13.4. The predicted octanol–water partition coefficient (Wildman–Crippen LogP) is 1.81. The molecular weight excluding hydrogens is 295 g/mol. The van der Waals surface area contributed by atoms with Crippen LogP contribution in [0.25, 0.3) is 0 Å². The van der Waals surface area contributed by atoms with Crippen molar-refractivity contribution in [3.63, 3.8) is 0 Å². The molecule has 118 valence electrons. The molecule has 1 aliphatic carbocycles. The first-order valence-corrected chi connectivity index (χ1v) is 8.18. The summed E-state index contributed by atoms with van der Waals surface area (Å²) in [6, 6.07) is 2.07. The van der Waals surface area contributed by atoms with E-state index in [0.717, 1.165) is 12.1 Å². The molecule has 0 spiro atoms. The molecule has 1 fully saturated rings. The molecular formula is C14H21FN2O3S. The van der Waals surface area contributed by atoms with E-state index in [9.17, 15) is 12.8 Å². The monoisotopic (exact) mass is 316 g/mol. The number of aryl methyl sites for hydroxylation is 1. The van der Waals surface area contributed by atoms with Gasteiger partial charge in [0.05, 0.1) is 16.7 Å². The maximum absolute atomic E-state index is 13.4. The topological polar surface area (TPSA) is 81.4 Å². The van der Waals surface area contributed by atoms with Crippen molar-refractivity contribution in [2.24, 2.45) is 5.41 Å². The largest absolute Gasteiger partial charge is 0.396 e. The van der Waals surface area contributed by atoms with Gasteiger partial charge in [0.15, 0.2) is 0 Å². The minimum atomic E-state index is -3.75. The first kappa shape index (κ1) is 16.2. The Morgan fingerprint density at radius 1 is 1.43 bits per heavy atom. The lowest BCUT2D eigenvalue weighted by Gasteiger charge is -2.51. The van der Waals surface area contributed by atoms with E-state index in [2.05, 4.69) is 4.72 Å². The van der Waals surface area contributed by atoms with Crippen LogP contribution in [0.15, 0.2) is 17.0 Å². The van der Waals surface area contributed by atoms with E-state index < -0.39 is 15.8 Å². The van der Waals surface area contributed by atoms with E-state index in [1.54, 1.807) is 14.0 Å². The van der Waals surface area contributed by atoms with Crippen molar-refractivity contribution >= 4 is 15.7 Å². The molecule has 3 N–H and O–H groups in total. The number of hydrogen-bond acceptors (Lipinski definition) is 4. The second kappa shape index (κ2) is 5.23. The van der Waals surface area contributed by atoms with Gasteiger partial charge in [0.2, 0.25) is 10.0 Å². The number of nitrogens with two attached hydrogens (primary N) is 1. The minimum Gasteiger partial charge on any atom is -0.396 e. The average Bonchev–Trinajstić information content (AvgIpc) is 2.38. The zero-order valence-electron chi connectivity index (χ0n) is 12.6. The van der Waals surface area contributed by atoms with E-state index in [-0.39, 0.29) is 28.1 Å². The zero-order chi connectivity index (χ0) is 16.0. The van der Waals surface area contributed by atoms with Gasteiger partial charge in [-0.15, -0.1) is 0 Å². The van der Waals surface area contributed by atoms with Crippen LogP contribution in [0.5, 0.6) is 0 Å². The molecule has 21 heavy (non-hydrogen) atoms. The smallest absolute Gasteiger partial charge is 0.241 e. The van der Waals surface area contributed by atoms with Crippen LogP contribution in [0.1, 0.15) is 25.8 Å². The molecule has 5 nitrogen and oxygen atoms in total. The Balaban J connectivity index is 2.27. The molecule has 2 unspecified atom stereocenters. The third-order valence-electron chi connectivity index (χ3n) is 4.34. The molecule has 0 bridgehead atoms. The first-order valence-electron chi connectivity index (χ1n) is 6.70. The predicted molar refractivity (Wildman–Crippen MR) is 78.9 cm³/mol. The van der Waals surface area contributed by atoms with Crippen molar-refractivity contribution in [2.75, 3.05) is 12.8 Å². The van der Waals surface area contributed by atoms with Gasteiger partial charge in [0.1, 0.15) is 5.82 Å². The highest BCUT2D eigenvalue weighted by Crippen LogP contribution is 2.43. The van der Waals surface area contributed by atoms with Gasteiger partial charge in [-0.3, -0.25) is 0 Å². The van der Waals surface area contributed by atoms with Gasteiger partial charge in [-0.1, -0.05) is 13.8 Å². The first-order chi connectivity index (χ1) is 9.59. The SMILES string of the molecule is COC1CC(NS(=O)(=O)c2cc(N)c(F)cc2C)C1(C)C. The molecule has 1 saturated carbocycles. The Labute approximate surface area is 124 Å². The molecule has 0 amide bonds. The number of hydrogen-bond donors (Lipinski definition) is 2. The van der Waals surface area contributed by atoms with Crippen LogP contribution < -0.4 is 10.5 Å². The number of nitrogen functional groups attached to an aromatic ring is 1. The summed E-state index contributed by atoms with van der Waals surface area (Å²) in [5, 5.41) is 0. The van der Waals surface area contributed by atoms with Gasteiger partial charge in [-0.25, -0.2) is 17.5 Å². The van der Waals surface area contributed by atoms with Crippen LogP contribution in [0.3, 0.4) is 0 Å². The number of methoxy groups -OCH3 is 1. The van der Waals surface area contributed by atoms with Crippen LogP contribution in [0.2, 0.25) is 0 Å². The van der Waals surface area contributed by atoms with E-state index in [4.69, 9.17) is 10.5 Å². The summed E-state index contributed by atoms with van der Waals surface area (Å²) >= 11 is 0. The molecule has 1 aliphatic rings. The fourth-order valence-corrected chi connectivity index (χ4v) is 4.36. The number of anilines is 1. The van der Waals surface area contributed by atoms with E-state index >= 15 is 0 Å². The van der Waals surface area contributed by atoms with Crippen LogP contribution in [-0.2, 0) is 14.8 Å². The molecule has 1 aromatic carbocycles. The lowest BCUT2D eigenvalue weighted by molar-refractivity contribution is -0.0908. The summed E-state index contributed by atoms with van der Waals surface area (Å²) in [5.74, 6) is -0.616. The second-order valence-corrected chi connectivity index (χ2v) is 7.78. The molecule has 0 radical (unpaired) electrons. The number of ether oxygens (including phenoxy) is 1. The van der Waals surface area contributed by atoms with Crippen molar-refractivity contribution in [3.05, 3.63) is 23.5 Å². The van der Waals surface area contributed by atoms with Gasteiger partial charge in [0.25, 0.3) is 0 Å². The maximum Gasteiger partial charge on any atom is 0.241 e. The Hall–Kier alpha value is -1.18. The van der Waals surface area contributed by atoms with Gasteiger partial charge in [-0.2, -0.15) is 0 Å². The van der Waals surface area contributed by atoms with Crippen LogP contribution in [0.4, 0.5) is 10.1 Å². The van der Waals surface area contributed by atoms with Crippen LogP contribution in [-0.4, -0.2) is 27.7 Å². The number of benzene rings is 1. The molecule has 0 saturated heterocycles. The Morgan fingerprint density at radius 3 is 2.57 bits per heavy atom. The molecule has 0 heterocycles. The summed E-state index contributed by atoms with van der Waals surface area (Å²) in [4.78, 5) is 0.0121. The lowest BCUT2D eigenvalue weighted by atomic mass is 9.65. The van der Waals surface area contributed by atoms with E-state index in [1.807, 2.05) is 13.8 Å². The normalized spacial score (nSPS) is 24.6. The highest BCUT2D eigenvalue weighted by molar-refractivity contribution is 7.89. The second-order valence-electron chi connectivity index (χ2n) is 6.09. The highest BCUT2D eigenvalue weighted by Gasteiger charge is 2.50. The number of rotatable bonds is 4. The summed E-state index contributed by atoms with van der Waals surface area (Å²) in [6.07, 6.45) is 0.628. The van der Waals surface area contributed by atoms with Crippen molar-refractivity contribution in [3.8, 4) is 0 Å². The highest BCUT2D eigenvalue weighted by atomic mass is 32.2. The fraction of sp³-hybridized carbons (Fsp3) is 0.571. The quantitative estimate of drug-likeness (QED) is 0.830. The van der Waals surface area contributed by atoms with Crippen molar-refractivity contribution in [2.45, 2.75) is 44.2 Å². The summed E-state index contributed by atoms with van der Waals surface area (Å²) in [5.41, 5.74) is 5.33. The summed E-state index contributed by atoms with van der Waals surface area (Å²) in [6.45, 7) is 5.44. The van der Waals surface area contributed by atoms with Gasteiger partial charge in [0, 0.05) is 18.6 Å². The number of halogens is 1. The molecule has 2 rings (SSSR count). The number of nitrogens with one attached hydrogen (secondary N) is 1. The minimum absolute atomic E-state index is 0.0121. The standard InChI is InChI=1S/C14H21FN2O3S/c1-8-5-9(15)10(16)6-11(8)21(18,19)17-12-7-13(20-4)14(12,2)3/h5-6,12-13,17H,7,16H2,1-4H3. The summed E-state index contributed by atoms with van der Waals surface area (Å²) in [7, 11) is -2.13. The van der Waals surface area contributed by atoms with Gasteiger partial charge >= 0.3 is 0 Å². The molecule has 2 atom stereocenters. The van der Waals surface area contributed by atoms with Crippen molar-refractivity contribution in [1.29, 1.82) is 0 Å². The molecule has 0 aromatic heterocycles. The Bertz CT molecular complexity index is 658. The third-order valence-corrected chi connectivity index (χ3v) is 5.96. The maximum atomic E-state index is 13.4. The molecule has 1 aromatic rings.